The molecule has 2 amide bonds. The Labute approximate surface area is 122 Å². The highest BCUT2D eigenvalue weighted by Crippen LogP contribution is 1.99. The third kappa shape index (κ3) is 5.10. The number of nitrogens with zero attached hydrogens (tertiary/aromatic N) is 5. The molecule has 1 aromatic rings. The van der Waals surface area contributed by atoms with Gasteiger partial charge in [0, 0.05) is 19.6 Å². The summed E-state index contributed by atoms with van der Waals surface area (Å²) >= 11 is 0. The number of urea groups is 1. The molecule has 21 heavy (non-hydrogen) atoms. The molecule has 114 valence electrons. The van der Waals surface area contributed by atoms with Crippen molar-refractivity contribution in [3.8, 4) is 6.07 Å². The van der Waals surface area contributed by atoms with Crippen molar-refractivity contribution in [2.75, 3.05) is 19.6 Å². The molecule has 0 saturated heterocycles. The first kappa shape index (κ1) is 16.4. The minimum atomic E-state index is -1.15. The molecule has 9 nitrogen and oxygen atoms in total. The van der Waals surface area contributed by atoms with Crippen molar-refractivity contribution in [1.29, 1.82) is 5.26 Å². The maximum absolute atomic E-state index is 11.9. The Hall–Kier alpha value is -2.63. The van der Waals surface area contributed by atoms with Crippen LogP contribution in [-0.2, 0) is 6.54 Å². The fourth-order valence-electron chi connectivity index (χ4n) is 1.62. The van der Waals surface area contributed by atoms with Crippen LogP contribution < -0.4 is 5.32 Å². The van der Waals surface area contributed by atoms with Gasteiger partial charge in [0.15, 0.2) is 5.69 Å². The maximum Gasteiger partial charge on any atom is 0.358 e. The highest BCUT2D eigenvalue weighted by molar-refractivity contribution is 5.84. The van der Waals surface area contributed by atoms with E-state index in [1.54, 1.807) is 6.92 Å². The SMILES string of the molecule is CCN(CC(C)C#N)C(=O)NCCn1cc(C(=O)O)nn1. The van der Waals surface area contributed by atoms with E-state index < -0.39 is 5.97 Å². The Kier molecular flexibility index (Phi) is 6.13. The number of amides is 2. The van der Waals surface area contributed by atoms with Crippen LogP contribution in [0, 0.1) is 17.2 Å². The topological polar surface area (TPSA) is 124 Å². The normalized spacial score (nSPS) is 11.5. The molecule has 1 rings (SSSR count). The minimum Gasteiger partial charge on any atom is -0.476 e. The van der Waals surface area contributed by atoms with E-state index in [-0.39, 0.29) is 17.6 Å². The Balaban J connectivity index is 2.41. The van der Waals surface area contributed by atoms with E-state index in [9.17, 15) is 9.59 Å². The summed E-state index contributed by atoms with van der Waals surface area (Å²) in [6, 6.07) is 1.81. The van der Waals surface area contributed by atoms with Crippen LogP contribution in [0.1, 0.15) is 24.3 Å². The van der Waals surface area contributed by atoms with Crippen LogP contribution in [0.2, 0.25) is 0 Å². The van der Waals surface area contributed by atoms with Crippen LogP contribution in [-0.4, -0.2) is 56.6 Å². The van der Waals surface area contributed by atoms with E-state index in [0.717, 1.165) is 0 Å². The second kappa shape index (κ2) is 7.84. The van der Waals surface area contributed by atoms with Gasteiger partial charge < -0.3 is 15.3 Å². The number of carbonyl (C=O) groups is 2. The van der Waals surface area contributed by atoms with Gasteiger partial charge in [-0.25, -0.2) is 14.3 Å². The number of nitriles is 1. The summed E-state index contributed by atoms with van der Waals surface area (Å²) in [6.07, 6.45) is 1.30. The molecule has 9 heteroatoms. The van der Waals surface area contributed by atoms with Crippen LogP contribution >= 0.6 is 0 Å². The van der Waals surface area contributed by atoms with Gasteiger partial charge in [-0.15, -0.1) is 5.10 Å². The van der Waals surface area contributed by atoms with Gasteiger partial charge in [-0.3, -0.25) is 0 Å². The molecular formula is C12H18N6O3. The molecule has 2 N–H and O–H groups in total. The third-order valence-corrected chi connectivity index (χ3v) is 2.76. The number of rotatable bonds is 7. The van der Waals surface area contributed by atoms with Gasteiger partial charge in [0.1, 0.15) is 0 Å². The number of carbonyl (C=O) groups excluding carboxylic acids is 1. The molecule has 0 aromatic carbocycles. The quantitative estimate of drug-likeness (QED) is 0.738. The van der Waals surface area contributed by atoms with Crippen molar-refractivity contribution < 1.29 is 14.7 Å². The highest BCUT2D eigenvalue weighted by atomic mass is 16.4. The number of hydrogen-bond acceptors (Lipinski definition) is 5. The highest BCUT2D eigenvalue weighted by Gasteiger charge is 2.14. The fourth-order valence-corrected chi connectivity index (χ4v) is 1.62. The molecule has 0 aliphatic rings. The monoisotopic (exact) mass is 294 g/mol. The number of aromatic carboxylic acids is 1. The second-order valence-corrected chi connectivity index (χ2v) is 4.47. The Bertz CT molecular complexity index is 535. The molecule has 1 unspecified atom stereocenters. The van der Waals surface area contributed by atoms with Gasteiger partial charge in [0.05, 0.1) is 24.7 Å². The Morgan fingerprint density at radius 3 is 2.86 bits per heavy atom. The van der Waals surface area contributed by atoms with E-state index in [0.29, 0.717) is 26.2 Å². The van der Waals surface area contributed by atoms with Crippen LogP contribution in [0.15, 0.2) is 6.20 Å². The van der Waals surface area contributed by atoms with Crippen molar-refractivity contribution in [1.82, 2.24) is 25.2 Å². The summed E-state index contributed by atoms with van der Waals surface area (Å²) < 4.78 is 1.35. The standard InChI is InChI=1S/C12H18N6O3/c1-3-17(7-9(2)6-13)12(21)14-4-5-18-8-10(11(19)20)15-16-18/h8-9H,3-5,7H2,1-2H3,(H,14,21)(H,19,20). The molecule has 0 bridgehead atoms. The zero-order valence-corrected chi connectivity index (χ0v) is 12.0. The molecule has 1 atom stereocenters. The molecule has 0 radical (unpaired) electrons. The first-order chi connectivity index (χ1) is 9.97. The van der Waals surface area contributed by atoms with Gasteiger partial charge in [-0.05, 0) is 13.8 Å². The lowest BCUT2D eigenvalue weighted by atomic mass is 10.2. The van der Waals surface area contributed by atoms with Gasteiger partial charge >= 0.3 is 12.0 Å². The summed E-state index contributed by atoms with van der Waals surface area (Å²) in [5.74, 6) is -1.38. The number of hydrogen-bond donors (Lipinski definition) is 2. The molecule has 1 heterocycles. The van der Waals surface area contributed by atoms with Crippen LogP contribution in [0.25, 0.3) is 0 Å². The largest absolute Gasteiger partial charge is 0.476 e. The lowest BCUT2D eigenvalue weighted by Crippen LogP contribution is -2.42. The molecule has 0 saturated carbocycles. The van der Waals surface area contributed by atoms with E-state index in [1.165, 1.54) is 15.8 Å². The van der Waals surface area contributed by atoms with E-state index >= 15 is 0 Å². The van der Waals surface area contributed by atoms with Crippen molar-refractivity contribution in [2.24, 2.45) is 5.92 Å². The van der Waals surface area contributed by atoms with E-state index in [1.807, 2.05) is 6.92 Å². The molecule has 0 fully saturated rings. The summed E-state index contributed by atoms with van der Waals surface area (Å²) in [4.78, 5) is 24.1. The first-order valence-electron chi connectivity index (χ1n) is 6.53. The first-order valence-corrected chi connectivity index (χ1v) is 6.53. The lowest BCUT2D eigenvalue weighted by Gasteiger charge is -2.22. The van der Waals surface area contributed by atoms with E-state index in [2.05, 4.69) is 21.7 Å². The van der Waals surface area contributed by atoms with Crippen molar-refractivity contribution in [3.63, 3.8) is 0 Å². The molecule has 0 spiro atoms. The predicted octanol–water partition coefficient (Wildman–Crippen LogP) is 0.167. The van der Waals surface area contributed by atoms with Gasteiger partial charge in [0.25, 0.3) is 0 Å². The van der Waals surface area contributed by atoms with Gasteiger partial charge in [-0.2, -0.15) is 5.26 Å². The number of nitrogens with one attached hydrogen (secondary N) is 1. The average molecular weight is 294 g/mol. The van der Waals surface area contributed by atoms with Gasteiger partial charge in [-0.1, -0.05) is 5.21 Å². The summed E-state index contributed by atoms with van der Waals surface area (Å²) in [5, 5.41) is 27.3. The minimum absolute atomic E-state index is 0.139. The summed E-state index contributed by atoms with van der Waals surface area (Å²) in [5.41, 5.74) is -0.139. The fraction of sp³-hybridized carbons (Fsp3) is 0.583. The predicted molar refractivity (Wildman–Crippen MR) is 72.4 cm³/mol. The molecule has 0 aliphatic heterocycles. The Morgan fingerprint density at radius 2 is 2.33 bits per heavy atom. The maximum atomic E-state index is 11.9. The number of carboxylic acid groups (broad SMARTS) is 1. The van der Waals surface area contributed by atoms with Crippen LogP contribution in [0.3, 0.4) is 0 Å². The van der Waals surface area contributed by atoms with Crippen LogP contribution in [0.4, 0.5) is 4.79 Å². The Morgan fingerprint density at radius 1 is 1.62 bits per heavy atom. The van der Waals surface area contributed by atoms with Crippen molar-refractivity contribution in [2.45, 2.75) is 20.4 Å². The summed E-state index contributed by atoms with van der Waals surface area (Å²) in [6.45, 7) is 5.06. The molecule has 0 aliphatic carbocycles. The zero-order valence-electron chi connectivity index (χ0n) is 12.0. The summed E-state index contributed by atoms with van der Waals surface area (Å²) in [7, 11) is 0. The average Bonchev–Trinajstić information content (AvgIpc) is 2.93. The zero-order chi connectivity index (χ0) is 15.8. The van der Waals surface area contributed by atoms with Crippen molar-refractivity contribution >= 4 is 12.0 Å². The lowest BCUT2D eigenvalue weighted by molar-refractivity contribution is 0.0690. The molecule has 1 aromatic heterocycles. The third-order valence-electron chi connectivity index (χ3n) is 2.76. The van der Waals surface area contributed by atoms with Crippen molar-refractivity contribution in [3.05, 3.63) is 11.9 Å². The smallest absolute Gasteiger partial charge is 0.358 e. The van der Waals surface area contributed by atoms with Gasteiger partial charge in [0.2, 0.25) is 0 Å². The number of aromatic nitrogens is 3. The molecular weight excluding hydrogens is 276 g/mol. The number of carboxylic acids is 1. The van der Waals surface area contributed by atoms with Crippen LogP contribution in [0.5, 0.6) is 0 Å². The van der Waals surface area contributed by atoms with E-state index in [4.69, 9.17) is 10.4 Å². The second-order valence-electron chi connectivity index (χ2n) is 4.47.